The van der Waals surface area contributed by atoms with E-state index in [1.54, 1.807) is 15.6 Å². The number of hydrogen-bond donors (Lipinski definition) is 2. The van der Waals surface area contributed by atoms with E-state index < -0.39 is 15.6 Å². The summed E-state index contributed by atoms with van der Waals surface area (Å²) >= 11 is 0. The van der Waals surface area contributed by atoms with E-state index in [1.807, 2.05) is 45.9 Å². The SMILES string of the molecule is CCCS(=O)(=O)Nc1ncnn2c(-c3cc(CC)c4nc(N[C@H]5CCCN(C(=O)OC(C)(C)C)C5)ncc4c3)ccc12. The van der Waals surface area contributed by atoms with E-state index >= 15 is 0 Å². The minimum Gasteiger partial charge on any atom is -0.444 e. The van der Waals surface area contributed by atoms with Crippen LogP contribution < -0.4 is 10.0 Å². The first-order chi connectivity index (χ1) is 20.0. The van der Waals surface area contributed by atoms with Crippen molar-refractivity contribution in [3.63, 3.8) is 0 Å². The molecule has 0 spiro atoms. The standard InChI is InChI=1S/C29H38N8O4S/c1-6-13-42(39,40)35-26-24-11-10-23(37(24)32-18-31-26)20-14-19(7-2)25-21(15-20)16-30-27(34-25)33-22-9-8-12-36(17-22)28(38)41-29(3,4)5/h10-11,14-16,18,22H,6-9,12-13,17H2,1-5H3,(H,30,33,34)(H,31,32,35)/t22-/m0/s1. The van der Waals surface area contributed by atoms with E-state index in [0.717, 1.165) is 47.0 Å². The first-order valence-electron chi connectivity index (χ1n) is 14.3. The quantitative estimate of drug-likeness (QED) is 0.292. The lowest BCUT2D eigenvalue weighted by Gasteiger charge is -2.34. The van der Waals surface area contributed by atoms with Crippen molar-refractivity contribution in [3.8, 4) is 11.3 Å². The maximum atomic E-state index is 12.6. The molecule has 13 heteroatoms. The van der Waals surface area contributed by atoms with Crippen LogP contribution in [0.1, 0.15) is 59.4 Å². The summed E-state index contributed by atoms with van der Waals surface area (Å²) in [7, 11) is -3.50. The van der Waals surface area contributed by atoms with E-state index in [0.29, 0.717) is 31.0 Å². The van der Waals surface area contributed by atoms with Gasteiger partial charge in [-0.3, -0.25) is 4.72 Å². The van der Waals surface area contributed by atoms with E-state index in [4.69, 9.17) is 9.72 Å². The van der Waals surface area contributed by atoms with Crippen molar-refractivity contribution in [3.05, 3.63) is 42.4 Å². The lowest BCUT2D eigenvalue weighted by Crippen LogP contribution is -2.47. The Balaban J connectivity index is 1.40. The number of carbonyl (C=O) groups is 1. The number of aryl methyl sites for hydroxylation is 1. The zero-order valence-electron chi connectivity index (χ0n) is 24.7. The molecule has 3 aromatic heterocycles. The van der Waals surface area contributed by atoms with Crippen LogP contribution in [-0.4, -0.2) is 74.5 Å². The molecule has 0 unspecified atom stereocenters. The van der Waals surface area contributed by atoms with Gasteiger partial charge in [-0.15, -0.1) is 0 Å². The molecule has 42 heavy (non-hydrogen) atoms. The minimum atomic E-state index is -3.50. The van der Waals surface area contributed by atoms with Gasteiger partial charge in [-0.2, -0.15) is 5.10 Å². The molecule has 1 atom stereocenters. The fraction of sp³-hybridized carbons (Fsp3) is 0.483. The van der Waals surface area contributed by atoms with Crippen LogP contribution in [0.5, 0.6) is 0 Å². The average Bonchev–Trinajstić information content (AvgIpc) is 3.37. The Kier molecular flexibility index (Phi) is 8.22. The maximum absolute atomic E-state index is 12.6. The number of likely N-dealkylation sites (tertiary alicyclic amines) is 1. The normalized spacial score (nSPS) is 16.1. The summed E-state index contributed by atoms with van der Waals surface area (Å²) < 4.78 is 34.6. The van der Waals surface area contributed by atoms with Crippen molar-refractivity contribution in [2.24, 2.45) is 0 Å². The van der Waals surface area contributed by atoms with Crippen molar-refractivity contribution in [2.75, 3.05) is 28.9 Å². The number of fused-ring (bicyclic) bond motifs is 2. The van der Waals surface area contributed by atoms with Gasteiger partial charge >= 0.3 is 6.09 Å². The van der Waals surface area contributed by atoms with Crippen molar-refractivity contribution in [2.45, 2.75) is 71.9 Å². The van der Waals surface area contributed by atoms with Crippen LogP contribution in [-0.2, 0) is 21.2 Å². The highest BCUT2D eigenvalue weighted by Crippen LogP contribution is 2.30. The first kappa shape index (κ1) is 29.5. The highest BCUT2D eigenvalue weighted by Gasteiger charge is 2.28. The van der Waals surface area contributed by atoms with Crippen LogP contribution in [0, 0.1) is 0 Å². The molecule has 1 fully saturated rings. The number of amides is 1. The highest BCUT2D eigenvalue weighted by molar-refractivity contribution is 7.92. The number of sulfonamides is 1. The Morgan fingerprint density at radius 1 is 1.17 bits per heavy atom. The maximum Gasteiger partial charge on any atom is 0.410 e. The van der Waals surface area contributed by atoms with Gasteiger partial charge in [0.2, 0.25) is 16.0 Å². The Labute approximate surface area is 245 Å². The third-order valence-corrected chi connectivity index (χ3v) is 8.47. The minimum absolute atomic E-state index is 0.0147. The molecular formula is C29H38N8O4S. The van der Waals surface area contributed by atoms with Gasteiger partial charge in [0, 0.05) is 36.3 Å². The molecule has 224 valence electrons. The van der Waals surface area contributed by atoms with Crippen molar-refractivity contribution >= 4 is 44.3 Å². The molecule has 4 aromatic rings. The van der Waals surface area contributed by atoms with Crippen LogP contribution in [0.4, 0.5) is 16.6 Å². The van der Waals surface area contributed by atoms with Crippen LogP contribution in [0.15, 0.2) is 36.8 Å². The van der Waals surface area contributed by atoms with E-state index in [2.05, 4.69) is 38.1 Å². The average molecular weight is 595 g/mol. The molecule has 4 heterocycles. The summed E-state index contributed by atoms with van der Waals surface area (Å²) in [5, 5.41) is 8.70. The second-order valence-corrected chi connectivity index (χ2v) is 13.4. The molecule has 1 saturated heterocycles. The monoisotopic (exact) mass is 594 g/mol. The number of nitrogens with one attached hydrogen (secondary N) is 2. The Bertz CT molecular complexity index is 1710. The smallest absolute Gasteiger partial charge is 0.410 e. The molecule has 1 aliphatic rings. The topological polar surface area (TPSA) is 144 Å². The predicted octanol–water partition coefficient (Wildman–Crippen LogP) is 4.87. The lowest BCUT2D eigenvalue weighted by molar-refractivity contribution is 0.0206. The van der Waals surface area contributed by atoms with Gasteiger partial charge in [0.05, 0.1) is 17.0 Å². The number of aromatic nitrogens is 5. The summed E-state index contributed by atoms with van der Waals surface area (Å²) in [6.45, 7) is 10.7. The fourth-order valence-electron chi connectivity index (χ4n) is 5.17. The van der Waals surface area contributed by atoms with Gasteiger partial charge < -0.3 is 15.0 Å². The van der Waals surface area contributed by atoms with Gasteiger partial charge in [0.25, 0.3) is 0 Å². The van der Waals surface area contributed by atoms with Gasteiger partial charge in [-0.1, -0.05) is 13.8 Å². The first-order valence-corrected chi connectivity index (χ1v) is 16.0. The molecule has 1 aromatic carbocycles. The van der Waals surface area contributed by atoms with Crippen molar-refractivity contribution in [1.82, 2.24) is 29.5 Å². The molecule has 5 rings (SSSR count). The van der Waals surface area contributed by atoms with E-state index in [1.165, 1.54) is 6.33 Å². The molecule has 0 radical (unpaired) electrons. The van der Waals surface area contributed by atoms with Gasteiger partial charge in [-0.25, -0.2) is 32.7 Å². The number of benzene rings is 1. The predicted molar refractivity (Wildman–Crippen MR) is 163 cm³/mol. The molecule has 2 N–H and O–H groups in total. The largest absolute Gasteiger partial charge is 0.444 e. The molecular weight excluding hydrogens is 556 g/mol. The number of hydrogen-bond acceptors (Lipinski definition) is 9. The van der Waals surface area contributed by atoms with Gasteiger partial charge in [0.1, 0.15) is 17.4 Å². The summed E-state index contributed by atoms with van der Waals surface area (Å²) in [6.07, 6.45) is 5.86. The summed E-state index contributed by atoms with van der Waals surface area (Å²) in [5.74, 6) is 0.778. The molecule has 1 aliphatic heterocycles. The Morgan fingerprint density at radius 3 is 2.71 bits per heavy atom. The number of nitrogens with zero attached hydrogens (tertiary/aromatic N) is 6. The molecule has 0 bridgehead atoms. The number of anilines is 2. The van der Waals surface area contributed by atoms with Crippen LogP contribution >= 0.6 is 0 Å². The molecule has 1 amide bonds. The van der Waals surface area contributed by atoms with E-state index in [9.17, 15) is 13.2 Å². The third kappa shape index (κ3) is 6.56. The summed E-state index contributed by atoms with van der Waals surface area (Å²) in [6, 6.07) is 7.81. The number of ether oxygens (including phenoxy) is 1. The van der Waals surface area contributed by atoms with Crippen LogP contribution in [0.25, 0.3) is 27.7 Å². The number of piperidine rings is 1. The number of rotatable bonds is 8. The summed E-state index contributed by atoms with van der Waals surface area (Å²) in [5.41, 5.74) is 3.62. The zero-order chi connectivity index (χ0) is 30.1. The van der Waals surface area contributed by atoms with Gasteiger partial charge in [0.15, 0.2) is 5.82 Å². The molecule has 0 saturated carbocycles. The third-order valence-electron chi connectivity index (χ3n) is 7.02. The lowest BCUT2D eigenvalue weighted by atomic mass is 10.0. The molecule has 12 nitrogen and oxygen atoms in total. The fourth-order valence-corrected chi connectivity index (χ4v) is 6.27. The second-order valence-electron chi connectivity index (χ2n) is 11.6. The zero-order valence-corrected chi connectivity index (χ0v) is 25.5. The van der Waals surface area contributed by atoms with Crippen molar-refractivity contribution in [1.29, 1.82) is 0 Å². The highest BCUT2D eigenvalue weighted by atomic mass is 32.2. The van der Waals surface area contributed by atoms with Gasteiger partial charge in [-0.05, 0) is 76.3 Å². The van der Waals surface area contributed by atoms with E-state index in [-0.39, 0.29) is 23.7 Å². The van der Waals surface area contributed by atoms with Crippen LogP contribution in [0.3, 0.4) is 0 Å². The second kappa shape index (κ2) is 11.7. The molecule has 0 aliphatic carbocycles. The Morgan fingerprint density at radius 2 is 1.98 bits per heavy atom. The Hall–Kier alpha value is -4.00. The summed E-state index contributed by atoms with van der Waals surface area (Å²) in [4.78, 5) is 28.0. The number of carbonyl (C=O) groups excluding carboxylic acids is 1. The van der Waals surface area contributed by atoms with Crippen molar-refractivity contribution < 1.29 is 17.9 Å². The van der Waals surface area contributed by atoms with Crippen LogP contribution in [0.2, 0.25) is 0 Å².